The second-order valence-electron chi connectivity index (χ2n) is 10.4. The van der Waals surface area contributed by atoms with Crippen LogP contribution in [0.2, 0.25) is 0 Å². The Morgan fingerprint density at radius 3 is 2.47 bits per heavy atom. The molecular weight excluding hydrogens is 556 g/mol. The van der Waals surface area contributed by atoms with Crippen LogP contribution in [-0.4, -0.2) is 36.7 Å². The predicted molar refractivity (Wildman–Crippen MR) is 175 cm³/mol. The second kappa shape index (κ2) is 13.0. The molecule has 0 radical (unpaired) electrons. The zero-order chi connectivity index (χ0) is 29.6. The number of aryl methyl sites for hydroxylation is 1. The number of aromatic nitrogens is 3. The highest BCUT2D eigenvalue weighted by atomic mass is 32.2. The van der Waals surface area contributed by atoms with Crippen molar-refractivity contribution < 1.29 is 9.53 Å². The van der Waals surface area contributed by atoms with Crippen LogP contribution in [0.15, 0.2) is 109 Å². The maximum absolute atomic E-state index is 11.3. The minimum atomic E-state index is -0.136. The van der Waals surface area contributed by atoms with Crippen molar-refractivity contribution in [3.8, 4) is 5.75 Å². The highest BCUT2D eigenvalue weighted by Crippen LogP contribution is 2.35. The molecule has 1 aliphatic heterocycles. The number of benzene rings is 3. The molecule has 43 heavy (non-hydrogen) atoms. The van der Waals surface area contributed by atoms with Gasteiger partial charge in [-0.1, -0.05) is 71.3 Å². The van der Waals surface area contributed by atoms with E-state index in [-0.39, 0.29) is 16.6 Å². The number of amides is 1. The molecule has 0 spiro atoms. The van der Waals surface area contributed by atoms with E-state index in [1.807, 2.05) is 42.0 Å². The first-order valence-electron chi connectivity index (χ1n) is 14.2. The van der Waals surface area contributed by atoms with Gasteiger partial charge in [0, 0.05) is 43.0 Å². The van der Waals surface area contributed by atoms with Crippen LogP contribution in [0, 0.1) is 6.92 Å². The van der Waals surface area contributed by atoms with E-state index in [4.69, 9.17) is 4.74 Å². The van der Waals surface area contributed by atoms with Gasteiger partial charge < -0.3 is 24.2 Å². The van der Waals surface area contributed by atoms with Crippen molar-refractivity contribution in [3.05, 3.63) is 126 Å². The number of hydrogen-bond acceptors (Lipinski definition) is 6. The quantitative estimate of drug-likeness (QED) is 0.170. The van der Waals surface area contributed by atoms with Crippen LogP contribution in [0.25, 0.3) is 11.0 Å². The summed E-state index contributed by atoms with van der Waals surface area (Å²) in [5.74, 6) is 3.25. The Balaban J connectivity index is 1.19. The van der Waals surface area contributed by atoms with Gasteiger partial charge in [0.2, 0.25) is 5.91 Å². The fourth-order valence-electron chi connectivity index (χ4n) is 5.02. The van der Waals surface area contributed by atoms with Crippen LogP contribution in [0.4, 0.5) is 11.5 Å². The number of anilines is 2. The summed E-state index contributed by atoms with van der Waals surface area (Å²) in [5.41, 5.74) is 6.22. The molecule has 9 heteroatoms. The van der Waals surface area contributed by atoms with Crippen LogP contribution in [0.1, 0.15) is 23.6 Å². The van der Waals surface area contributed by atoms with Crippen molar-refractivity contribution in [1.29, 1.82) is 0 Å². The first kappa shape index (κ1) is 28.2. The standard InChI is InChI=1S/C34H34N6O2S/c1-25-19-29(38-34-33-31(36-24-37-34)15-17-39(33)18-16-35-26(2)41)13-14-32(25)42-30-21-40(20-27-9-5-3-6-10-27)43(23-30)22-28-11-7-4-8-12-28/h3-15,17,19,21,23-24H,16,18,20,22H2,1-2H3,(H,35,41)(H,36,37,38). The number of fused-ring (bicyclic) bond motifs is 1. The van der Waals surface area contributed by atoms with Gasteiger partial charge >= 0.3 is 0 Å². The minimum Gasteiger partial charge on any atom is -0.455 e. The molecule has 2 N–H and O–H groups in total. The van der Waals surface area contributed by atoms with E-state index in [1.54, 1.807) is 6.33 Å². The van der Waals surface area contributed by atoms with Gasteiger partial charge in [-0.2, -0.15) is 0 Å². The molecule has 0 bridgehead atoms. The second-order valence-corrected chi connectivity index (χ2v) is 12.2. The molecule has 0 fully saturated rings. The summed E-state index contributed by atoms with van der Waals surface area (Å²) in [6.07, 6.45) is 5.66. The van der Waals surface area contributed by atoms with Crippen LogP contribution < -0.4 is 15.4 Å². The zero-order valence-corrected chi connectivity index (χ0v) is 25.1. The third kappa shape index (κ3) is 6.95. The number of carbonyl (C=O) groups is 1. The summed E-state index contributed by atoms with van der Waals surface area (Å²) >= 11 is 0. The Bertz CT molecular complexity index is 1800. The molecule has 1 aliphatic rings. The van der Waals surface area contributed by atoms with Gasteiger partial charge in [-0.05, 0) is 47.9 Å². The lowest BCUT2D eigenvalue weighted by Crippen LogP contribution is -2.24. The Morgan fingerprint density at radius 1 is 0.953 bits per heavy atom. The first-order chi connectivity index (χ1) is 21.0. The summed E-state index contributed by atoms with van der Waals surface area (Å²) in [6, 6.07) is 29.2. The molecule has 0 saturated heterocycles. The van der Waals surface area contributed by atoms with E-state index in [9.17, 15) is 4.79 Å². The van der Waals surface area contributed by atoms with E-state index >= 15 is 0 Å². The first-order valence-corrected chi connectivity index (χ1v) is 15.6. The lowest BCUT2D eigenvalue weighted by Gasteiger charge is -2.21. The summed E-state index contributed by atoms with van der Waals surface area (Å²) in [5, 5.41) is 8.55. The van der Waals surface area contributed by atoms with E-state index in [0.29, 0.717) is 18.9 Å². The van der Waals surface area contributed by atoms with E-state index in [2.05, 4.69) is 97.1 Å². The molecule has 0 aliphatic carbocycles. The molecule has 3 heterocycles. The maximum Gasteiger partial charge on any atom is 0.216 e. The molecule has 1 unspecified atom stereocenters. The number of nitrogens with zero attached hydrogens (tertiary/aromatic N) is 4. The Labute approximate surface area is 254 Å². The topological polar surface area (TPSA) is 84.3 Å². The highest BCUT2D eigenvalue weighted by molar-refractivity contribution is 8.12. The lowest BCUT2D eigenvalue weighted by atomic mass is 10.2. The number of nitrogens with one attached hydrogen (secondary N) is 2. The Hall–Kier alpha value is -4.89. The summed E-state index contributed by atoms with van der Waals surface area (Å²) in [4.78, 5) is 20.2. The molecule has 6 rings (SSSR count). The van der Waals surface area contributed by atoms with Crippen LogP contribution >= 0.6 is 10.7 Å². The van der Waals surface area contributed by atoms with Gasteiger partial charge in [-0.25, -0.2) is 9.97 Å². The molecule has 5 aromatic rings. The van der Waals surface area contributed by atoms with Crippen molar-refractivity contribution in [2.75, 3.05) is 11.9 Å². The lowest BCUT2D eigenvalue weighted by molar-refractivity contribution is -0.118. The molecule has 2 aromatic heterocycles. The number of rotatable bonds is 11. The largest absolute Gasteiger partial charge is 0.455 e. The van der Waals surface area contributed by atoms with Crippen molar-refractivity contribution in [2.45, 2.75) is 32.7 Å². The van der Waals surface area contributed by atoms with Gasteiger partial charge in [-0.3, -0.25) is 4.79 Å². The maximum atomic E-state index is 11.3. The molecule has 0 saturated carbocycles. The minimum absolute atomic E-state index is 0.0501. The van der Waals surface area contributed by atoms with Gasteiger partial charge in [0.25, 0.3) is 0 Å². The average molecular weight is 591 g/mol. The van der Waals surface area contributed by atoms with Gasteiger partial charge in [0.05, 0.1) is 18.3 Å². The third-order valence-corrected chi connectivity index (χ3v) is 9.08. The smallest absolute Gasteiger partial charge is 0.216 e. The van der Waals surface area contributed by atoms with Crippen molar-refractivity contribution in [1.82, 2.24) is 24.2 Å². The summed E-state index contributed by atoms with van der Waals surface area (Å²) in [6.45, 7) is 5.54. The van der Waals surface area contributed by atoms with Crippen molar-refractivity contribution in [2.24, 2.45) is 0 Å². The Morgan fingerprint density at radius 2 is 1.72 bits per heavy atom. The van der Waals surface area contributed by atoms with E-state index < -0.39 is 0 Å². The normalized spacial score (nSPS) is 14.3. The van der Waals surface area contributed by atoms with Gasteiger partial charge in [0.1, 0.15) is 17.6 Å². The van der Waals surface area contributed by atoms with Crippen molar-refractivity contribution in [3.63, 3.8) is 0 Å². The summed E-state index contributed by atoms with van der Waals surface area (Å²) in [7, 11) is -0.136. The molecule has 8 nitrogen and oxygen atoms in total. The SMILES string of the molecule is CC(=O)NCCn1ccc2ncnc(Nc3ccc(OC4=CN(Cc5ccccc5)S(Cc5ccccc5)=C4)c(C)c3)c21. The molecule has 3 aromatic carbocycles. The average Bonchev–Trinajstić information content (AvgIpc) is 3.59. The van der Waals surface area contributed by atoms with Gasteiger partial charge in [0.15, 0.2) is 11.6 Å². The fraction of sp³-hybridized carbons (Fsp3) is 0.176. The van der Waals surface area contributed by atoms with Crippen LogP contribution in [0.3, 0.4) is 0 Å². The van der Waals surface area contributed by atoms with Crippen LogP contribution in [-0.2, 0) is 23.6 Å². The molecule has 218 valence electrons. The monoisotopic (exact) mass is 590 g/mol. The molecular formula is C34H34N6O2S. The Kier molecular flexibility index (Phi) is 8.51. The number of allylic oxidation sites excluding steroid dienone is 1. The van der Waals surface area contributed by atoms with Crippen LogP contribution in [0.5, 0.6) is 5.75 Å². The number of hydrogen-bond donors (Lipinski definition) is 2. The number of ether oxygens (including phenoxy) is 1. The third-order valence-electron chi connectivity index (χ3n) is 7.11. The summed E-state index contributed by atoms with van der Waals surface area (Å²) < 4.78 is 10.9. The number of carbonyl (C=O) groups excluding carboxylic acids is 1. The van der Waals surface area contributed by atoms with E-state index in [0.717, 1.165) is 46.1 Å². The highest BCUT2D eigenvalue weighted by Gasteiger charge is 2.18. The zero-order valence-electron chi connectivity index (χ0n) is 24.2. The van der Waals surface area contributed by atoms with Crippen molar-refractivity contribution >= 4 is 44.5 Å². The molecule has 1 atom stereocenters. The van der Waals surface area contributed by atoms with E-state index in [1.165, 1.54) is 18.1 Å². The predicted octanol–water partition coefficient (Wildman–Crippen LogP) is 6.54. The molecule has 1 amide bonds. The fourth-order valence-corrected chi connectivity index (χ4v) is 6.87. The van der Waals surface area contributed by atoms with Gasteiger partial charge in [-0.15, -0.1) is 0 Å².